The monoisotopic (exact) mass is 321 g/mol. The largest absolute Gasteiger partial charge is 0.381 e. The number of halogens is 3. The lowest BCUT2D eigenvalue weighted by Gasteiger charge is -2.08. The fraction of sp³-hybridized carbons (Fsp3) is 0.100. The van der Waals surface area contributed by atoms with Crippen molar-refractivity contribution in [2.24, 2.45) is 0 Å². The van der Waals surface area contributed by atoms with Crippen LogP contribution in [0.5, 0.6) is 0 Å². The number of hydrogen-bond acceptors (Lipinski definition) is 3. The van der Waals surface area contributed by atoms with E-state index in [9.17, 15) is 9.50 Å². The van der Waals surface area contributed by atoms with Crippen molar-refractivity contribution in [3.63, 3.8) is 0 Å². The van der Waals surface area contributed by atoms with E-state index in [1.165, 1.54) is 29.5 Å². The molecule has 2 nitrogen and oxygen atoms in total. The van der Waals surface area contributed by atoms with Gasteiger partial charge in [-0.15, -0.1) is 11.3 Å². The third-order valence-electron chi connectivity index (χ3n) is 1.93. The van der Waals surface area contributed by atoms with Crippen molar-refractivity contribution in [2.75, 3.05) is 0 Å². The molecule has 1 N–H and O–H groups in total. The first-order chi connectivity index (χ1) is 7.56. The smallest absolute Gasteiger partial charge is 0.131 e. The molecule has 0 amide bonds. The van der Waals surface area contributed by atoms with Crippen LogP contribution in [-0.4, -0.2) is 10.1 Å². The Hall–Kier alpha value is -0.490. The summed E-state index contributed by atoms with van der Waals surface area (Å²) in [5.41, 5.74) is 0.395. The van der Waals surface area contributed by atoms with E-state index in [-0.39, 0.29) is 5.02 Å². The van der Waals surface area contributed by atoms with Crippen LogP contribution in [0.3, 0.4) is 0 Å². The van der Waals surface area contributed by atoms with E-state index in [1.807, 2.05) is 0 Å². The molecule has 0 aliphatic heterocycles. The SMILES string of the molecule is OC(c1cc(F)cc(Cl)c1)c1nc(Br)cs1. The number of rotatable bonds is 2. The Balaban J connectivity index is 2.37. The van der Waals surface area contributed by atoms with Crippen LogP contribution in [0.2, 0.25) is 5.02 Å². The van der Waals surface area contributed by atoms with Crippen LogP contribution >= 0.6 is 38.9 Å². The second kappa shape index (κ2) is 4.79. The third-order valence-corrected chi connectivity index (χ3v) is 3.75. The molecule has 1 aromatic carbocycles. The number of benzene rings is 1. The summed E-state index contributed by atoms with van der Waals surface area (Å²) < 4.78 is 13.7. The summed E-state index contributed by atoms with van der Waals surface area (Å²) in [5.74, 6) is -0.475. The van der Waals surface area contributed by atoms with Gasteiger partial charge in [0.2, 0.25) is 0 Å². The van der Waals surface area contributed by atoms with Gasteiger partial charge in [0, 0.05) is 10.4 Å². The van der Waals surface area contributed by atoms with Gasteiger partial charge in [0.25, 0.3) is 0 Å². The van der Waals surface area contributed by atoms with Crippen LogP contribution in [0.25, 0.3) is 0 Å². The van der Waals surface area contributed by atoms with Gasteiger partial charge in [0.05, 0.1) is 0 Å². The number of thiazole rings is 1. The lowest BCUT2D eigenvalue weighted by atomic mass is 10.1. The Labute approximate surface area is 109 Å². The zero-order valence-electron chi connectivity index (χ0n) is 7.82. The van der Waals surface area contributed by atoms with Crippen LogP contribution in [0.15, 0.2) is 28.2 Å². The highest BCUT2D eigenvalue weighted by molar-refractivity contribution is 9.10. The van der Waals surface area contributed by atoms with E-state index in [2.05, 4.69) is 20.9 Å². The van der Waals surface area contributed by atoms with Crippen LogP contribution < -0.4 is 0 Å². The Kier molecular flexibility index (Phi) is 3.59. The van der Waals surface area contributed by atoms with Gasteiger partial charge in [0.15, 0.2) is 0 Å². The summed E-state index contributed by atoms with van der Waals surface area (Å²) in [6, 6.07) is 3.95. The highest BCUT2D eigenvalue weighted by Crippen LogP contribution is 2.28. The summed E-state index contributed by atoms with van der Waals surface area (Å²) >= 11 is 10.2. The van der Waals surface area contributed by atoms with E-state index < -0.39 is 11.9 Å². The lowest BCUT2D eigenvalue weighted by Crippen LogP contribution is -1.99. The van der Waals surface area contributed by atoms with E-state index in [1.54, 1.807) is 5.38 Å². The first-order valence-electron chi connectivity index (χ1n) is 4.31. The Morgan fingerprint density at radius 1 is 1.44 bits per heavy atom. The van der Waals surface area contributed by atoms with Crippen molar-refractivity contribution in [1.29, 1.82) is 0 Å². The van der Waals surface area contributed by atoms with Gasteiger partial charge in [-0.05, 0) is 39.7 Å². The quantitative estimate of drug-likeness (QED) is 0.913. The molecular formula is C10H6BrClFNOS. The second-order valence-corrected chi connectivity index (χ2v) is 5.25. The van der Waals surface area contributed by atoms with E-state index >= 15 is 0 Å². The minimum Gasteiger partial charge on any atom is -0.381 e. The van der Waals surface area contributed by atoms with Gasteiger partial charge in [-0.25, -0.2) is 9.37 Å². The number of nitrogens with zero attached hydrogens (tertiary/aromatic N) is 1. The zero-order chi connectivity index (χ0) is 11.7. The predicted octanol–water partition coefficient (Wildman–Crippen LogP) is 3.78. The van der Waals surface area contributed by atoms with Gasteiger partial charge in [0.1, 0.15) is 21.5 Å². The molecule has 0 radical (unpaired) electrons. The van der Waals surface area contributed by atoms with Crippen molar-refractivity contribution in [3.05, 3.63) is 49.6 Å². The number of hydrogen-bond donors (Lipinski definition) is 1. The molecule has 1 atom stereocenters. The van der Waals surface area contributed by atoms with Gasteiger partial charge < -0.3 is 5.11 Å². The molecule has 1 aromatic heterocycles. The van der Waals surface area contributed by atoms with E-state index in [4.69, 9.17) is 11.6 Å². The summed E-state index contributed by atoms with van der Waals surface area (Å²) in [6.07, 6.45) is -0.954. The first kappa shape index (κ1) is 12.0. The van der Waals surface area contributed by atoms with E-state index in [0.29, 0.717) is 15.2 Å². The van der Waals surface area contributed by atoms with Crippen molar-refractivity contribution in [1.82, 2.24) is 4.98 Å². The maximum Gasteiger partial charge on any atom is 0.131 e. The Bertz CT molecular complexity index is 499. The van der Waals surface area contributed by atoms with Crippen molar-refractivity contribution >= 4 is 38.9 Å². The topological polar surface area (TPSA) is 33.1 Å². The average molecular weight is 323 g/mol. The second-order valence-electron chi connectivity index (χ2n) is 3.11. The molecular weight excluding hydrogens is 317 g/mol. The van der Waals surface area contributed by atoms with Crippen LogP contribution in [-0.2, 0) is 0 Å². The van der Waals surface area contributed by atoms with Crippen molar-refractivity contribution < 1.29 is 9.50 Å². The lowest BCUT2D eigenvalue weighted by molar-refractivity contribution is 0.219. The minimum absolute atomic E-state index is 0.254. The highest BCUT2D eigenvalue weighted by Gasteiger charge is 2.15. The Morgan fingerprint density at radius 2 is 2.19 bits per heavy atom. The summed E-state index contributed by atoms with van der Waals surface area (Å²) in [4.78, 5) is 4.07. The zero-order valence-corrected chi connectivity index (χ0v) is 11.0. The molecule has 16 heavy (non-hydrogen) atoms. The third kappa shape index (κ3) is 2.60. The highest BCUT2D eigenvalue weighted by atomic mass is 79.9. The normalized spacial score (nSPS) is 12.8. The molecule has 0 aliphatic rings. The molecule has 2 rings (SSSR count). The van der Waals surface area contributed by atoms with Gasteiger partial charge in [-0.1, -0.05) is 11.6 Å². The molecule has 0 fully saturated rings. The fourth-order valence-electron chi connectivity index (χ4n) is 1.27. The fourth-order valence-corrected chi connectivity index (χ4v) is 2.77. The van der Waals surface area contributed by atoms with Gasteiger partial charge in [-0.3, -0.25) is 0 Å². The van der Waals surface area contributed by atoms with Crippen molar-refractivity contribution in [2.45, 2.75) is 6.10 Å². The van der Waals surface area contributed by atoms with Crippen LogP contribution in [0.4, 0.5) is 4.39 Å². The molecule has 2 aromatic rings. The maximum absolute atomic E-state index is 13.1. The van der Waals surface area contributed by atoms with Crippen LogP contribution in [0, 0.1) is 5.82 Å². The molecule has 6 heteroatoms. The molecule has 0 bridgehead atoms. The first-order valence-corrected chi connectivity index (χ1v) is 6.36. The summed E-state index contributed by atoms with van der Waals surface area (Å²) in [6.45, 7) is 0. The van der Waals surface area contributed by atoms with Gasteiger partial charge in [-0.2, -0.15) is 0 Å². The molecule has 1 unspecified atom stereocenters. The predicted molar refractivity (Wildman–Crippen MR) is 65.3 cm³/mol. The molecule has 0 spiro atoms. The average Bonchev–Trinajstić information content (AvgIpc) is 2.62. The molecule has 0 saturated heterocycles. The molecule has 1 heterocycles. The number of aliphatic hydroxyl groups is 1. The Morgan fingerprint density at radius 3 is 2.75 bits per heavy atom. The molecule has 0 saturated carbocycles. The van der Waals surface area contributed by atoms with E-state index in [0.717, 1.165) is 0 Å². The molecule has 0 aliphatic carbocycles. The maximum atomic E-state index is 13.1. The van der Waals surface area contributed by atoms with Crippen LogP contribution in [0.1, 0.15) is 16.7 Å². The summed E-state index contributed by atoms with van der Waals surface area (Å²) in [7, 11) is 0. The standard InChI is InChI=1S/C10H6BrClFNOS/c11-8-4-16-10(14-8)9(15)5-1-6(12)3-7(13)2-5/h1-4,9,15H. The van der Waals surface area contributed by atoms with Crippen molar-refractivity contribution in [3.8, 4) is 0 Å². The summed E-state index contributed by atoms with van der Waals surface area (Å²) in [5, 5.41) is 12.5. The number of aromatic nitrogens is 1. The van der Waals surface area contributed by atoms with Gasteiger partial charge >= 0.3 is 0 Å². The minimum atomic E-state index is -0.954. The number of aliphatic hydroxyl groups excluding tert-OH is 1. The molecule has 84 valence electrons.